The highest BCUT2D eigenvalue weighted by Gasteiger charge is 2.06. The van der Waals surface area contributed by atoms with Crippen molar-refractivity contribution >= 4 is 0 Å². The highest BCUT2D eigenvalue weighted by molar-refractivity contribution is 5.40. The molecule has 0 aliphatic rings. The third-order valence-electron chi connectivity index (χ3n) is 2.33. The molecule has 0 saturated heterocycles. The van der Waals surface area contributed by atoms with E-state index < -0.39 is 0 Å². The zero-order valence-corrected chi connectivity index (χ0v) is 9.49. The molecule has 0 amide bonds. The van der Waals surface area contributed by atoms with Gasteiger partial charge in [-0.2, -0.15) is 0 Å². The van der Waals surface area contributed by atoms with Crippen LogP contribution < -0.4 is 9.47 Å². The first-order chi connectivity index (χ1) is 7.17. The summed E-state index contributed by atoms with van der Waals surface area (Å²) in [5.41, 5.74) is 1.10. The van der Waals surface area contributed by atoms with Crippen molar-refractivity contribution in [3.63, 3.8) is 0 Å². The van der Waals surface area contributed by atoms with Crippen LogP contribution in [0, 0.1) is 0 Å². The number of methoxy groups -OCH3 is 2. The number of hydrogen-bond acceptors (Lipinski definition) is 3. The first kappa shape index (κ1) is 11.9. The lowest BCUT2D eigenvalue weighted by molar-refractivity contribution is 0.184. The first-order valence-electron chi connectivity index (χ1n) is 5.06. The number of aliphatic hydroxyl groups excluding tert-OH is 1. The minimum Gasteiger partial charge on any atom is -0.497 e. The minimum absolute atomic E-state index is 0.281. The first-order valence-corrected chi connectivity index (χ1v) is 5.06. The summed E-state index contributed by atoms with van der Waals surface area (Å²) in [6.07, 6.45) is 1.27. The van der Waals surface area contributed by atoms with Crippen molar-refractivity contribution in [2.75, 3.05) is 14.2 Å². The Labute approximate surface area is 90.6 Å². The summed E-state index contributed by atoms with van der Waals surface area (Å²) in [5.74, 6) is 1.60. The molecule has 0 fully saturated rings. The Hall–Kier alpha value is -1.22. The Balaban J connectivity index is 2.78. The molecule has 84 valence electrons. The van der Waals surface area contributed by atoms with Crippen molar-refractivity contribution in [1.82, 2.24) is 0 Å². The number of aliphatic hydroxyl groups is 1. The summed E-state index contributed by atoms with van der Waals surface area (Å²) < 4.78 is 10.4. The van der Waals surface area contributed by atoms with E-state index in [2.05, 4.69) is 0 Å². The summed E-state index contributed by atoms with van der Waals surface area (Å²) in [6.45, 7) is 1.79. The largest absolute Gasteiger partial charge is 0.497 e. The number of aryl methyl sites for hydroxylation is 1. The second-order valence-corrected chi connectivity index (χ2v) is 3.57. The van der Waals surface area contributed by atoms with Crippen LogP contribution in [0.2, 0.25) is 0 Å². The molecule has 0 bridgehead atoms. The van der Waals surface area contributed by atoms with E-state index in [0.717, 1.165) is 29.9 Å². The van der Waals surface area contributed by atoms with Gasteiger partial charge in [0.2, 0.25) is 0 Å². The van der Waals surface area contributed by atoms with Gasteiger partial charge >= 0.3 is 0 Å². The molecule has 1 aromatic rings. The highest BCUT2D eigenvalue weighted by atomic mass is 16.5. The van der Waals surface area contributed by atoms with E-state index in [-0.39, 0.29) is 6.10 Å². The van der Waals surface area contributed by atoms with Crippen LogP contribution in [0.1, 0.15) is 18.9 Å². The van der Waals surface area contributed by atoms with Gasteiger partial charge < -0.3 is 14.6 Å². The van der Waals surface area contributed by atoms with Crippen LogP contribution >= 0.6 is 0 Å². The molecular formula is C12H18O3. The Morgan fingerprint density at radius 1 is 1.27 bits per heavy atom. The Bertz CT molecular complexity index is 308. The lowest BCUT2D eigenvalue weighted by Crippen LogP contribution is -2.02. The van der Waals surface area contributed by atoms with E-state index in [1.54, 1.807) is 21.1 Å². The van der Waals surface area contributed by atoms with Gasteiger partial charge in [-0.05, 0) is 31.4 Å². The van der Waals surface area contributed by atoms with Gasteiger partial charge in [-0.15, -0.1) is 0 Å². The van der Waals surface area contributed by atoms with Gasteiger partial charge in [0.1, 0.15) is 11.5 Å². The van der Waals surface area contributed by atoms with Crippen molar-refractivity contribution in [1.29, 1.82) is 0 Å². The fourth-order valence-corrected chi connectivity index (χ4v) is 1.42. The van der Waals surface area contributed by atoms with Crippen LogP contribution in [0.3, 0.4) is 0 Å². The van der Waals surface area contributed by atoms with E-state index in [0.29, 0.717) is 0 Å². The van der Waals surface area contributed by atoms with Gasteiger partial charge in [-0.1, -0.05) is 6.07 Å². The smallest absolute Gasteiger partial charge is 0.125 e. The van der Waals surface area contributed by atoms with Crippen LogP contribution in [0.25, 0.3) is 0 Å². The summed E-state index contributed by atoms with van der Waals surface area (Å²) in [5, 5.41) is 9.21. The maximum atomic E-state index is 9.21. The van der Waals surface area contributed by atoms with Crippen molar-refractivity contribution < 1.29 is 14.6 Å². The van der Waals surface area contributed by atoms with Crippen LogP contribution in [-0.4, -0.2) is 25.4 Å². The molecule has 3 heteroatoms. The van der Waals surface area contributed by atoms with E-state index in [4.69, 9.17) is 9.47 Å². The maximum Gasteiger partial charge on any atom is 0.125 e. The van der Waals surface area contributed by atoms with Gasteiger partial charge in [-0.25, -0.2) is 0 Å². The normalized spacial score (nSPS) is 12.3. The predicted octanol–water partition coefficient (Wildman–Crippen LogP) is 2.02. The zero-order valence-electron chi connectivity index (χ0n) is 9.49. The average Bonchev–Trinajstić information content (AvgIpc) is 2.25. The molecule has 0 spiro atoms. The fraction of sp³-hybridized carbons (Fsp3) is 0.500. The second-order valence-electron chi connectivity index (χ2n) is 3.57. The molecule has 0 saturated carbocycles. The Morgan fingerprint density at radius 3 is 2.53 bits per heavy atom. The van der Waals surface area contributed by atoms with Crippen LogP contribution in [0.15, 0.2) is 18.2 Å². The number of rotatable bonds is 5. The molecular weight excluding hydrogens is 192 g/mol. The van der Waals surface area contributed by atoms with Gasteiger partial charge in [-0.3, -0.25) is 0 Å². The van der Waals surface area contributed by atoms with Gasteiger partial charge in [0.15, 0.2) is 0 Å². The third kappa shape index (κ3) is 3.44. The number of hydrogen-bond donors (Lipinski definition) is 1. The van der Waals surface area contributed by atoms with E-state index >= 15 is 0 Å². The zero-order chi connectivity index (χ0) is 11.3. The molecule has 1 rings (SSSR count). The van der Waals surface area contributed by atoms with Gasteiger partial charge in [0, 0.05) is 6.07 Å². The lowest BCUT2D eigenvalue weighted by atomic mass is 10.1. The number of benzene rings is 1. The molecule has 0 aliphatic heterocycles. The predicted molar refractivity (Wildman–Crippen MR) is 59.5 cm³/mol. The summed E-state index contributed by atoms with van der Waals surface area (Å²) in [6, 6.07) is 5.73. The molecule has 1 N–H and O–H groups in total. The Morgan fingerprint density at radius 2 is 2.00 bits per heavy atom. The second kappa shape index (κ2) is 5.61. The van der Waals surface area contributed by atoms with Crippen molar-refractivity contribution in [2.24, 2.45) is 0 Å². The van der Waals surface area contributed by atoms with Crippen molar-refractivity contribution in [3.8, 4) is 11.5 Å². The van der Waals surface area contributed by atoms with Crippen LogP contribution in [0.4, 0.5) is 0 Å². The van der Waals surface area contributed by atoms with E-state index in [9.17, 15) is 5.11 Å². The van der Waals surface area contributed by atoms with Gasteiger partial charge in [0.05, 0.1) is 20.3 Å². The minimum atomic E-state index is -0.281. The topological polar surface area (TPSA) is 38.7 Å². The molecule has 0 radical (unpaired) electrons. The summed E-state index contributed by atoms with van der Waals surface area (Å²) in [4.78, 5) is 0. The molecule has 0 aliphatic carbocycles. The molecule has 0 unspecified atom stereocenters. The lowest BCUT2D eigenvalue weighted by Gasteiger charge is -2.11. The van der Waals surface area contributed by atoms with Gasteiger partial charge in [0.25, 0.3) is 0 Å². The number of ether oxygens (including phenoxy) is 2. The van der Waals surface area contributed by atoms with E-state index in [1.165, 1.54) is 0 Å². The Kier molecular flexibility index (Phi) is 4.43. The van der Waals surface area contributed by atoms with Crippen LogP contribution in [0.5, 0.6) is 11.5 Å². The molecule has 0 heterocycles. The SMILES string of the molecule is COc1ccc(CC[C@@H](C)O)c(OC)c1. The van der Waals surface area contributed by atoms with E-state index in [1.807, 2.05) is 18.2 Å². The quantitative estimate of drug-likeness (QED) is 0.808. The van der Waals surface area contributed by atoms with Crippen LogP contribution in [-0.2, 0) is 6.42 Å². The molecule has 0 aromatic heterocycles. The average molecular weight is 210 g/mol. The summed E-state index contributed by atoms with van der Waals surface area (Å²) in [7, 11) is 3.27. The maximum absolute atomic E-state index is 9.21. The third-order valence-corrected chi connectivity index (χ3v) is 2.33. The molecule has 1 aromatic carbocycles. The van der Waals surface area contributed by atoms with Crippen molar-refractivity contribution in [3.05, 3.63) is 23.8 Å². The standard InChI is InChI=1S/C12H18O3/c1-9(13)4-5-10-6-7-11(14-2)8-12(10)15-3/h6-9,13H,4-5H2,1-3H3/t9-/m1/s1. The summed E-state index contributed by atoms with van der Waals surface area (Å²) >= 11 is 0. The molecule has 3 nitrogen and oxygen atoms in total. The molecule has 15 heavy (non-hydrogen) atoms. The van der Waals surface area contributed by atoms with Crippen molar-refractivity contribution in [2.45, 2.75) is 25.9 Å². The highest BCUT2D eigenvalue weighted by Crippen LogP contribution is 2.25. The monoisotopic (exact) mass is 210 g/mol. The fourth-order valence-electron chi connectivity index (χ4n) is 1.42. The molecule has 1 atom stereocenters.